The van der Waals surface area contributed by atoms with E-state index in [9.17, 15) is 10.1 Å². The van der Waals surface area contributed by atoms with Crippen LogP contribution in [0.15, 0.2) is 46.5 Å². The van der Waals surface area contributed by atoms with Crippen LogP contribution in [-0.2, 0) is 0 Å². The van der Waals surface area contributed by atoms with Crippen LogP contribution < -0.4 is 4.90 Å². The Labute approximate surface area is 190 Å². The lowest BCUT2D eigenvalue weighted by Gasteiger charge is -2.14. The molecule has 4 rings (SSSR count). The van der Waals surface area contributed by atoms with Crippen LogP contribution in [0.4, 0.5) is 10.1 Å². The maximum Gasteiger partial charge on any atom is 0.291 e. The number of aromatic nitrogens is 4. The van der Waals surface area contributed by atoms with Crippen molar-refractivity contribution in [1.82, 2.24) is 19.7 Å². The standard InChI is InChI=1S/C23H23N7OS/c1-6-13(2)19-27-20-17(14(3)16(12-24)22(31)30(20)28-19)25-21-18(15-10-8-7-9-11-15)26-23(32-21)29(4)5/h7-11,13H,6H2,1-5H3. The highest BCUT2D eigenvalue weighted by Crippen LogP contribution is 2.40. The first-order chi connectivity index (χ1) is 15.3. The molecule has 0 N–H and O–H groups in total. The number of rotatable bonds is 5. The lowest BCUT2D eigenvalue weighted by Crippen LogP contribution is -2.28. The number of allylic oxidation sites excluding steroid dienone is 2. The molecule has 9 heteroatoms. The van der Waals surface area contributed by atoms with Gasteiger partial charge in [-0.05, 0) is 13.3 Å². The van der Waals surface area contributed by atoms with Gasteiger partial charge in [0.2, 0.25) is 0 Å². The van der Waals surface area contributed by atoms with Crippen molar-refractivity contribution in [2.45, 2.75) is 33.1 Å². The molecule has 1 aliphatic heterocycles. The zero-order valence-corrected chi connectivity index (χ0v) is 19.4. The minimum atomic E-state index is -0.470. The molecule has 0 saturated heterocycles. The highest BCUT2D eigenvalue weighted by molar-refractivity contribution is 7.19. The van der Waals surface area contributed by atoms with E-state index < -0.39 is 5.91 Å². The lowest BCUT2D eigenvalue weighted by atomic mass is 10.0. The molecule has 0 saturated carbocycles. The number of hydrogen-bond acceptors (Lipinski definition) is 8. The average molecular weight is 446 g/mol. The molecule has 0 bridgehead atoms. The Bertz CT molecular complexity index is 1290. The van der Waals surface area contributed by atoms with Crippen LogP contribution in [0.1, 0.15) is 49.6 Å². The van der Waals surface area contributed by atoms with Crippen molar-refractivity contribution < 1.29 is 4.79 Å². The van der Waals surface area contributed by atoms with Gasteiger partial charge in [-0.1, -0.05) is 55.5 Å². The molecule has 3 aromatic rings. The fraction of sp³-hybridized carbons (Fsp3) is 0.304. The Balaban J connectivity index is 1.96. The van der Waals surface area contributed by atoms with Gasteiger partial charge in [-0.2, -0.15) is 9.94 Å². The summed E-state index contributed by atoms with van der Waals surface area (Å²) in [4.78, 5) is 29.1. The Kier molecular flexibility index (Phi) is 5.72. The highest BCUT2D eigenvalue weighted by atomic mass is 32.1. The molecule has 1 aromatic carbocycles. The smallest absolute Gasteiger partial charge is 0.291 e. The van der Waals surface area contributed by atoms with Crippen LogP contribution in [0.5, 0.6) is 0 Å². The average Bonchev–Trinajstić information content (AvgIpc) is 3.42. The minimum absolute atomic E-state index is 0.0236. The van der Waals surface area contributed by atoms with E-state index in [1.807, 2.05) is 69.2 Å². The maximum atomic E-state index is 12.9. The number of nitriles is 1. The van der Waals surface area contributed by atoms with E-state index in [0.717, 1.165) is 22.8 Å². The third-order valence-electron chi connectivity index (χ3n) is 5.38. The number of aliphatic imine (C=N–C) groups is 1. The maximum absolute atomic E-state index is 12.9. The van der Waals surface area contributed by atoms with Crippen molar-refractivity contribution >= 4 is 33.1 Å². The molecule has 0 radical (unpaired) electrons. The predicted molar refractivity (Wildman–Crippen MR) is 126 cm³/mol. The fourth-order valence-electron chi connectivity index (χ4n) is 3.29. The van der Waals surface area contributed by atoms with Gasteiger partial charge in [0.1, 0.15) is 28.0 Å². The largest absolute Gasteiger partial charge is 0.354 e. The number of anilines is 1. The van der Waals surface area contributed by atoms with Gasteiger partial charge < -0.3 is 4.90 Å². The van der Waals surface area contributed by atoms with Crippen molar-refractivity contribution in [2.24, 2.45) is 4.99 Å². The van der Waals surface area contributed by atoms with Crippen molar-refractivity contribution in [3.63, 3.8) is 0 Å². The summed E-state index contributed by atoms with van der Waals surface area (Å²) in [5, 5.41) is 15.5. The number of carbonyl (C=O) groups is 1. The van der Waals surface area contributed by atoms with Crippen molar-refractivity contribution in [3.05, 3.63) is 53.1 Å². The first-order valence-electron chi connectivity index (χ1n) is 10.3. The Morgan fingerprint density at radius 1 is 1.25 bits per heavy atom. The summed E-state index contributed by atoms with van der Waals surface area (Å²) in [6.45, 7) is 5.78. The number of thiazole rings is 1. The molecule has 2 aromatic heterocycles. The molecule has 1 atom stereocenters. The highest BCUT2D eigenvalue weighted by Gasteiger charge is 2.33. The molecular weight excluding hydrogens is 422 g/mol. The van der Waals surface area contributed by atoms with Crippen LogP contribution in [0.25, 0.3) is 11.3 Å². The number of hydrogen-bond donors (Lipinski definition) is 0. The fourth-order valence-corrected chi connectivity index (χ4v) is 4.18. The molecule has 8 nitrogen and oxygen atoms in total. The second kappa shape index (κ2) is 8.48. The van der Waals surface area contributed by atoms with E-state index in [0.29, 0.717) is 27.9 Å². The van der Waals surface area contributed by atoms with E-state index >= 15 is 0 Å². The normalized spacial score (nSPS) is 15.6. The van der Waals surface area contributed by atoms with Gasteiger partial charge >= 0.3 is 0 Å². The lowest BCUT2D eigenvalue weighted by molar-refractivity contribution is 0.0941. The van der Waals surface area contributed by atoms with Crippen LogP contribution in [-0.4, -0.2) is 45.5 Å². The Morgan fingerprint density at radius 3 is 2.59 bits per heavy atom. The molecule has 0 amide bonds. The predicted octanol–water partition coefficient (Wildman–Crippen LogP) is 4.60. The van der Waals surface area contributed by atoms with Gasteiger partial charge in [0.05, 0.1) is 0 Å². The Morgan fingerprint density at radius 2 is 1.97 bits per heavy atom. The number of nitrogens with zero attached hydrogens (tertiary/aromatic N) is 7. The second-order valence-corrected chi connectivity index (χ2v) is 8.76. The van der Waals surface area contributed by atoms with E-state index in [-0.39, 0.29) is 11.5 Å². The summed E-state index contributed by atoms with van der Waals surface area (Å²) in [6, 6.07) is 11.8. The van der Waals surface area contributed by atoms with E-state index in [4.69, 9.17) is 9.98 Å². The summed E-state index contributed by atoms with van der Waals surface area (Å²) < 4.78 is 1.21. The molecule has 0 fully saturated rings. The van der Waals surface area contributed by atoms with Gasteiger partial charge in [-0.15, -0.1) is 5.10 Å². The zero-order chi connectivity index (χ0) is 23.0. The van der Waals surface area contributed by atoms with Crippen LogP contribution in [0, 0.1) is 11.3 Å². The number of benzene rings is 1. The summed E-state index contributed by atoms with van der Waals surface area (Å²) >= 11 is 1.44. The number of fused-ring (bicyclic) bond motifs is 1. The molecular formula is C23H23N7OS. The summed E-state index contributed by atoms with van der Waals surface area (Å²) in [5.41, 5.74) is 2.66. The zero-order valence-electron chi connectivity index (χ0n) is 18.6. The minimum Gasteiger partial charge on any atom is -0.354 e. The summed E-state index contributed by atoms with van der Waals surface area (Å²) in [5.74, 6) is 0.539. The first-order valence-corrected chi connectivity index (χ1v) is 11.1. The Hall–Kier alpha value is -3.64. The first kappa shape index (κ1) is 21.6. The van der Waals surface area contributed by atoms with Gasteiger partial charge in [-0.25, -0.2) is 15.0 Å². The van der Waals surface area contributed by atoms with E-state index in [1.54, 1.807) is 6.92 Å². The molecule has 0 aliphatic carbocycles. The summed E-state index contributed by atoms with van der Waals surface area (Å²) in [6.07, 6.45) is 0.834. The second-order valence-electron chi connectivity index (χ2n) is 7.80. The number of carbonyl (C=O) groups excluding carboxylic acids is 1. The molecule has 162 valence electrons. The third kappa shape index (κ3) is 3.63. The van der Waals surface area contributed by atoms with E-state index in [2.05, 4.69) is 10.1 Å². The van der Waals surface area contributed by atoms with Crippen LogP contribution in [0.3, 0.4) is 0 Å². The van der Waals surface area contributed by atoms with Gasteiger partial charge in [0.25, 0.3) is 5.91 Å². The molecule has 32 heavy (non-hydrogen) atoms. The van der Waals surface area contributed by atoms with Crippen LogP contribution >= 0.6 is 11.3 Å². The third-order valence-corrected chi connectivity index (χ3v) is 6.49. The monoisotopic (exact) mass is 445 g/mol. The quantitative estimate of drug-likeness (QED) is 0.569. The SMILES string of the molecule is CCC(C)c1nc2n(n1)C(=O)C(C#N)=C(C)C2=Nc1sc(N(C)C)nc1-c1ccccc1. The van der Waals surface area contributed by atoms with Crippen molar-refractivity contribution in [3.8, 4) is 17.3 Å². The topological polar surface area (TPSA) is 100 Å². The van der Waals surface area contributed by atoms with Crippen molar-refractivity contribution in [2.75, 3.05) is 19.0 Å². The molecule has 0 spiro atoms. The molecule has 1 aliphatic rings. The molecule has 1 unspecified atom stereocenters. The summed E-state index contributed by atoms with van der Waals surface area (Å²) in [7, 11) is 3.86. The van der Waals surface area contributed by atoms with Crippen LogP contribution in [0.2, 0.25) is 0 Å². The van der Waals surface area contributed by atoms with Gasteiger partial charge in [-0.3, -0.25) is 4.79 Å². The van der Waals surface area contributed by atoms with Gasteiger partial charge in [0, 0.05) is 31.1 Å². The van der Waals surface area contributed by atoms with E-state index in [1.165, 1.54) is 16.0 Å². The van der Waals surface area contributed by atoms with Gasteiger partial charge in [0.15, 0.2) is 16.8 Å². The molecule has 3 heterocycles. The van der Waals surface area contributed by atoms with Crippen molar-refractivity contribution in [1.29, 1.82) is 5.26 Å².